The molecule has 1 aliphatic rings. The molecule has 10 heteroatoms. The summed E-state index contributed by atoms with van der Waals surface area (Å²) in [6.07, 6.45) is 4.77. The lowest BCUT2D eigenvalue weighted by molar-refractivity contribution is -0.139. The molecule has 1 aromatic heterocycles. The van der Waals surface area contributed by atoms with Gasteiger partial charge in [0.1, 0.15) is 5.75 Å². The van der Waals surface area contributed by atoms with Crippen molar-refractivity contribution in [3.05, 3.63) is 71.2 Å². The number of hydrazone groups is 1. The van der Waals surface area contributed by atoms with Gasteiger partial charge in [-0.05, 0) is 49.8 Å². The normalized spacial score (nSPS) is 15.7. The number of rotatable bonds is 8. The van der Waals surface area contributed by atoms with Crippen LogP contribution in [0.2, 0.25) is 0 Å². The monoisotopic (exact) mass is 453 g/mol. The van der Waals surface area contributed by atoms with Gasteiger partial charge in [-0.3, -0.25) is 9.78 Å². The van der Waals surface area contributed by atoms with Gasteiger partial charge in [-0.1, -0.05) is 18.2 Å². The number of hydrogen-bond acceptors (Lipinski definition) is 7. The first-order valence-corrected chi connectivity index (χ1v) is 10.3. The minimum absolute atomic E-state index is 0.241. The van der Waals surface area contributed by atoms with Crippen LogP contribution in [0.25, 0.3) is 0 Å². The van der Waals surface area contributed by atoms with Crippen LogP contribution in [-0.2, 0) is 14.3 Å². The quantitative estimate of drug-likeness (QED) is 0.241. The second kappa shape index (κ2) is 11.0. The molecule has 1 atom stereocenters. The van der Waals surface area contributed by atoms with Gasteiger partial charge in [0.05, 0.1) is 24.4 Å². The number of allylic oxidation sites excluding steroid dienone is 1. The lowest BCUT2D eigenvalue weighted by Gasteiger charge is -2.30. The molecule has 2 aromatic rings. The van der Waals surface area contributed by atoms with Crippen molar-refractivity contribution in [2.24, 2.45) is 5.10 Å². The van der Waals surface area contributed by atoms with E-state index < -0.39 is 17.9 Å². The Balaban J connectivity index is 1.73. The van der Waals surface area contributed by atoms with Crippen molar-refractivity contribution in [3.8, 4) is 5.75 Å². The maximum absolute atomic E-state index is 12.6. The van der Waals surface area contributed by atoms with E-state index in [1.165, 1.54) is 6.21 Å². The summed E-state index contributed by atoms with van der Waals surface area (Å²) in [4.78, 5) is 28.7. The van der Waals surface area contributed by atoms with Gasteiger partial charge in [-0.2, -0.15) is 5.10 Å². The topological polar surface area (TPSA) is 114 Å². The van der Waals surface area contributed by atoms with Crippen molar-refractivity contribution in [2.75, 3.05) is 13.2 Å². The van der Waals surface area contributed by atoms with E-state index in [1.54, 1.807) is 56.6 Å². The van der Waals surface area contributed by atoms with Crippen LogP contribution in [-0.4, -0.2) is 41.4 Å². The SMILES string of the molecule is CCOC(=O)C1=C(C)NC(=S)N[C@@H]1c1ccccc1OCC(=O)NN=Cc1ccncc1. The Kier molecular flexibility index (Phi) is 7.87. The second-order valence-electron chi connectivity index (χ2n) is 6.69. The van der Waals surface area contributed by atoms with Crippen LogP contribution in [0.5, 0.6) is 5.75 Å². The van der Waals surface area contributed by atoms with Crippen molar-refractivity contribution in [1.82, 2.24) is 21.0 Å². The summed E-state index contributed by atoms with van der Waals surface area (Å²) in [5.41, 5.74) is 4.84. The highest BCUT2D eigenvalue weighted by atomic mass is 32.1. The third-order valence-corrected chi connectivity index (χ3v) is 4.68. The third-order valence-electron chi connectivity index (χ3n) is 4.46. The van der Waals surface area contributed by atoms with Crippen molar-refractivity contribution in [2.45, 2.75) is 19.9 Å². The van der Waals surface area contributed by atoms with Crippen LogP contribution in [0, 0.1) is 0 Å². The van der Waals surface area contributed by atoms with E-state index in [9.17, 15) is 9.59 Å². The first-order chi connectivity index (χ1) is 15.5. The number of benzene rings is 1. The van der Waals surface area contributed by atoms with E-state index in [2.05, 4.69) is 26.1 Å². The standard InChI is InChI=1S/C22H23N5O4S/c1-3-30-21(29)19-14(2)25-22(32)26-20(19)16-6-4-5-7-17(16)31-13-18(28)27-24-12-15-8-10-23-11-9-15/h4-12,20H,3,13H2,1-2H3,(H,27,28)(H2,25,26,32)/t20-/m1/s1. The van der Waals surface area contributed by atoms with Gasteiger partial charge in [0, 0.05) is 23.7 Å². The molecule has 3 rings (SSSR count). The van der Waals surface area contributed by atoms with Crippen LogP contribution < -0.4 is 20.8 Å². The molecule has 0 fully saturated rings. The molecule has 166 valence electrons. The zero-order chi connectivity index (χ0) is 22.9. The molecule has 0 spiro atoms. The predicted molar refractivity (Wildman–Crippen MR) is 123 cm³/mol. The summed E-state index contributed by atoms with van der Waals surface area (Å²) in [7, 11) is 0. The molecule has 0 unspecified atom stereocenters. The van der Waals surface area contributed by atoms with Gasteiger partial charge in [-0.15, -0.1) is 0 Å². The van der Waals surface area contributed by atoms with E-state index in [4.69, 9.17) is 21.7 Å². The molecule has 0 saturated carbocycles. The zero-order valence-electron chi connectivity index (χ0n) is 17.6. The van der Waals surface area contributed by atoms with Crippen molar-refractivity contribution in [1.29, 1.82) is 0 Å². The maximum atomic E-state index is 12.6. The fraction of sp³-hybridized carbons (Fsp3) is 0.227. The average Bonchev–Trinajstić information content (AvgIpc) is 2.78. The highest BCUT2D eigenvalue weighted by Crippen LogP contribution is 2.33. The zero-order valence-corrected chi connectivity index (χ0v) is 18.4. The van der Waals surface area contributed by atoms with Gasteiger partial charge in [0.25, 0.3) is 5.91 Å². The van der Waals surface area contributed by atoms with Crippen LogP contribution in [0.15, 0.2) is 65.2 Å². The Morgan fingerprint density at radius 1 is 1.25 bits per heavy atom. The molecular formula is C22H23N5O4S. The van der Waals surface area contributed by atoms with E-state index in [1.807, 2.05) is 6.07 Å². The summed E-state index contributed by atoms with van der Waals surface area (Å²) in [6, 6.07) is 10.0. The Bertz CT molecular complexity index is 1060. The molecule has 1 aliphatic heterocycles. The van der Waals surface area contributed by atoms with Gasteiger partial charge < -0.3 is 20.1 Å². The number of esters is 1. The van der Waals surface area contributed by atoms with Crippen molar-refractivity contribution < 1.29 is 19.1 Å². The number of carbonyl (C=O) groups excluding carboxylic acids is 2. The van der Waals surface area contributed by atoms with Crippen molar-refractivity contribution in [3.63, 3.8) is 0 Å². The minimum Gasteiger partial charge on any atom is -0.483 e. The summed E-state index contributed by atoms with van der Waals surface area (Å²) in [5.74, 6) is -0.468. The summed E-state index contributed by atoms with van der Waals surface area (Å²) in [6.45, 7) is 3.47. The summed E-state index contributed by atoms with van der Waals surface area (Å²) >= 11 is 5.27. The summed E-state index contributed by atoms with van der Waals surface area (Å²) in [5, 5.41) is 10.3. The Labute approximate surface area is 190 Å². The Morgan fingerprint density at radius 2 is 2.00 bits per heavy atom. The second-order valence-corrected chi connectivity index (χ2v) is 7.10. The number of amides is 1. The average molecular weight is 454 g/mol. The number of aromatic nitrogens is 1. The molecule has 1 amide bonds. The fourth-order valence-corrected chi connectivity index (χ4v) is 3.33. The molecule has 1 aromatic carbocycles. The highest BCUT2D eigenvalue weighted by molar-refractivity contribution is 7.80. The molecule has 0 bridgehead atoms. The number of para-hydroxylation sites is 1. The number of hydrogen-bond donors (Lipinski definition) is 3. The molecule has 2 heterocycles. The highest BCUT2D eigenvalue weighted by Gasteiger charge is 2.32. The van der Waals surface area contributed by atoms with Crippen molar-refractivity contribution >= 4 is 35.4 Å². The number of carbonyl (C=O) groups is 2. The number of pyridine rings is 1. The molecule has 32 heavy (non-hydrogen) atoms. The van der Waals surface area contributed by atoms with E-state index >= 15 is 0 Å². The molecule has 9 nitrogen and oxygen atoms in total. The lowest BCUT2D eigenvalue weighted by atomic mass is 9.95. The fourth-order valence-electron chi connectivity index (χ4n) is 3.06. The Morgan fingerprint density at radius 3 is 2.75 bits per heavy atom. The molecule has 0 aliphatic carbocycles. The predicted octanol–water partition coefficient (Wildman–Crippen LogP) is 1.97. The van der Waals surface area contributed by atoms with Gasteiger partial charge in [0.15, 0.2) is 11.7 Å². The number of nitrogens with one attached hydrogen (secondary N) is 3. The van der Waals surface area contributed by atoms with Crippen LogP contribution in [0.3, 0.4) is 0 Å². The van der Waals surface area contributed by atoms with Gasteiger partial charge in [-0.25, -0.2) is 10.2 Å². The largest absolute Gasteiger partial charge is 0.483 e. The smallest absolute Gasteiger partial charge is 0.338 e. The summed E-state index contributed by atoms with van der Waals surface area (Å²) < 4.78 is 11.0. The minimum atomic E-state index is -0.591. The number of ether oxygens (including phenoxy) is 2. The lowest BCUT2D eigenvalue weighted by Crippen LogP contribution is -2.45. The van der Waals surface area contributed by atoms with E-state index in [-0.39, 0.29) is 13.2 Å². The first kappa shape index (κ1) is 22.9. The molecular weight excluding hydrogens is 430 g/mol. The van der Waals surface area contributed by atoms with Crippen LogP contribution >= 0.6 is 12.2 Å². The third kappa shape index (κ3) is 5.88. The van der Waals surface area contributed by atoms with E-state index in [0.717, 1.165) is 5.56 Å². The first-order valence-electron chi connectivity index (χ1n) is 9.88. The molecule has 3 N–H and O–H groups in total. The van der Waals surface area contributed by atoms with Gasteiger partial charge >= 0.3 is 5.97 Å². The molecule has 0 saturated heterocycles. The van der Waals surface area contributed by atoms with Crippen LogP contribution in [0.4, 0.5) is 0 Å². The van der Waals surface area contributed by atoms with E-state index in [0.29, 0.717) is 27.7 Å². The molecule has 0 radical (unpaired) electrons. The van der Waals surface area contributed by atoms with Crippen LogP contribution in [0.1, 0.15) is 31.0 Å². The maximum Gasteiger partial charge on any atom is 0.338 e. The van der Waals surface area contributed by atoms with Gasteiger partial charge in [0.2, 0.25) is 0 Å². The Hall–Kier alpha value is -3.79. The number of nitrogens with zero attached hydrogens (tertiary/aromatic N) is 2. The number of thiocarbonyl (C=S) groups is 1.